The SMILES string of the molecule is COCO[C@H]1C[C@@H](C)CC2CC(=O)/C(=C(\O)CCO[Si](c3ccccc3)(c3ccccc3)C(C)(C)C)C21CCCO[Si](C)(C)C(C)(C)C. The van der Waals surface area contributed by atoms with Gasteiger partial charge in [-0.1, -0.05) is 109 Å². The predicted molar refractivity (Wildman–Crippen MR) is 201 cm³/mol. The standard InChI is InChI=1S/C40H62O6Si2/c1-30-26-31-28-35(42)37(40(31,36(27-30)44-29-43-8)23-17-24-45-47(9,10)38(2,3)4)34(41)22-25-46-48(39(5,6)7,32-18-13-11-14-19-32)33-20-15-12-16-21-33/h11-16,18-21,30-31,36,41H,17,22-29H2,1-10H3/b37-34+/t30-,31?,36-,40?/m0/s1. The molecule has 2 unspecified atom stereocenters. The van der Waals surface area contributed by atoms with Crippen LogP contribution in [-0.2, 0) is 23.1 Å². The monoisotopic (exact) mass is 694 g/mol. The summed E-state index contributed by atoms with van der Waals surface area (Å²) in [5, 5.41) is 14.4. The molecule has 2 aliphatic rings. The highest BCUT2D eigenvalue weighted by Crippen LogP contribution is 2.59. The Balaban J connectivity index is 1.69. The topological polar surface area (TPSA) is 74.2 Å². The second-order valence-corrected chi connectivity index (χ2v) is 25.9. The number of hydrogen-bond acceptors (Lipinski definition) is 6. The minimum atomic E-state index is -2.80. The maximum Gasteiger partial charge on any atom is 0.261 e. The van der Waals surface area contributed by atoms with Crippen LogP contribution in [0.2, 0.25) is 23.2 Å². The van der Waals surface area contributed by atoms with Gasteiger partial charge in [0.05, 0.1) is 6.10 Å². The number of carbonyl (C=O) groups is 1. The van der Waals surface area contributed by atoms with E-state index in [9.17, 15) is 9.90 Å². The average Bonchev–Trinajstić information content (AvgIpc) is 3.31. The molecule has 4 atom stereocenters. The van der Waals surface area contributed by atoms with Gasteiger partial charge in [0, 0.05) is 44.2 Å². The number of methoxy groups -OCH3 is 1. The molecule has 266 valence electrons. The number of hydrogen-bond donors (Lipinski definition) is 1. The molecule has 6 nitrogen and oxygen atoms in total. The summed E-state index contributed by atoms with van der Waals surface area (Å²) in [5.74, 6) is 0.735. The molecule has 2 aliphatic carbocycles. The van der Waals surface area contributed by atoms with Gasteiger partial charge in [0.25, 0.3) is 8.32 Å². The normalized spacial score (nSPS) is 24.9. The second-order valence-electron chi connectivity index (χ2n) is 16.8. The summed E-state index contributed by atoms with van der Waals surface area (Å²) in [6.07, 6.45) is 3.78. The molecule has 8 heteroatoms. The minimum absolute atomic E-state index is 0.0494. The smallest absolute Gasteiger partial charge is 0.261 e. The van der Waals surface area contributed by atoms with Gasteiger partial charge in [0.2, 0.25) is 0 Å². The van der Waals surface area contributed by atoms with Crippen molar-refractivity contribution in [3.63, 3.8) is 0 Å². The van der Waals surface area contributed by atoms with E-state index in [4.69, 9.17) is 18.3 Å². The van der Waals surface area contributed by atoms with Crippen molar-refractivity contribution in [1.82, 2.24) is 0 Å². The largest absolute Gasteiger partial charge is 0.512 e. The zero-order valence-corrected chi connectivity index (χ0v) is 33.4. The average molecular weight is 695 g/mol. The molecule has 4 rings (SSSR count). The number of rotatable bonds is 14. The summed E-state index contributed by atoms with van der Waals surface area (Å²) < 4.78 is 25.6. The number of benzene rings is 2. The van der Waals surface area contributed by atoms with Crippen molar-refractivity contribution in [1.29, 1.82) is 0 Å². The number of fused-ring (bicyclic) bond motifs is 1. The highest BCUT2D eigenvalue weighted by molar-refractivity contribution is 6.99. The zero-order valence-electron chi connectivity index (χ0n) is 31.4. The van der Waals surface area contributed by atoms with Gasteiger partial charge in [-0.15, -0.1) is 0 Å². The quantitative estimate of drug-likeness (QED) is 0.0703. The molecule has 2 aromatic carbocycles. The molecule has 0 aromatic heterocycles. The van der Waals surface area contributed by atoms with Crippen molar-refractivity contribution in [2.75, 3.05) is 27.1 Å². The van der Waals surface area contributed by atoms with Crippen LogP contribution in [0.5, 0.6) is 0 Å². The van der Waals surface area contributed by atoms with Gasteiger partial charge in [-0.2, -0.15) is 0 Å². The number of ketones is 1. The molecule has 48 heavy (non-hydrogen) atoms. The van der Waals surface area contributed by atoms with E-state index in [1.54, 1.807) is 7.11 Å². The van der Waals surface area contributed by atoms with E-state index in [1.807, 2.05) is 12.1 Å². The number of aliphatic hydroxyl groups is 1. The van der Waals surface area contributed by atoms with Crippen molar-refractivity contribution in [2.24, 2.45) is 17.3 Å². The van der Waals surface area contributed by atoms with Crippen LogP contribution in [0.3, 0.4) is 0 Å². The molecule has 0 spiro atoms. The summed E-state index contributed by atoms with van der Waals surface area (Å²) in [7, 11) is -3.09. The van der Waals surface area contributed by atoms with Gasteiger partial charge in [0.1, 0.15) is 12.6 Å². The van der Waals surface area contributed by atoms with E-state index < -0.39 is 22.0 Å². The summed E-state index contributed by atoms with van der Waals surface area (Å²) >= 11 is 0. The van der Waals surface area contributed by atoms with Crippen LogP contribution < -0.4 is 10.4 Å². The first-order chi connectivity index (χ1) is 22.5. The van der Waals surface area contributed by atoms with E-state index in [-0.39, 0.29) is 46.9 Å². The Hall–Kier alpha value is -2.08. The van der Waals surface area contributed by atoms with Gasteiger partial charge in [0.15, 0.2) is 14.1 Å². The summed E-state index contributed by atoms with van der Waals surface area (Å²) in [6, 6.07) is 21.1. The van der Waals surface area contributed by atoms with Crippen molar-refractivity contribution in [2.45, 2.75) is 116 Å². The highest BCUT2D eigenvalue weighted by atomic mass is 28.4. The molecule has 0 bridgehead atoms. The van der Waals surface area contributed by atoms with Crippen molar-refractivity contribution < 1.29 is 28.2 Å². The lowest BCUT2D eigenvalue weighted by Crippen LogP contribution is -2.66. The van der Waals surface area contributed by atoms with Crippen LogP contribution >= 0.6 is 0 Å². The van der Waals surface area contributed by atoms with E-state index >= 15 is 0 Å². The van der Waals surface area contributed by atoms with Crippen LogP contribution in [0, 0.1) is 17.3 Å². The summed E-state index contributed by atoms with van der Waals surface area (Å²) in [5.41, 5.74) is -0.0145. The van der Waals surface area contributed by atoms with Crippen molar-refractivity contribution in [3.05, 3.63) is 72.0 Å². The zero-order chi connectivity index (χ0) is 35.4. The van der Waals surface area contributed by atoms with Crippen molar-refractivity contribution >= 4 is 32.8 Å². The van der Waals surface area contributed by atoms with E-state index in [1.165, 1.54) is 10.4 Å². The van der Waals surface area contributed by atoms with E-state index in [0.717, 1.165) is 25.7 Å². The second kappa shape index (κ2) is 15.4. The number of ether oxygens (including phenoxy) is 2. The third-order valence-corrected chi connectivity index (χ3v) is 21.1. The molecule has 0 amide bonds. The van der Waals surface area contributed by atoms with Crippen LogP contribution in [0.25, 0.3) is 0 Å². The Morgan fingerprint density at radius 2 is 1.46 bits per heavy atom. The first kappa shape index (κ1) is 38.7. The lowest BCUT2D eigenvalue weighted by molar-refractivity contribution is -0.145. The molecule has 0 radical (unpaired) electrons. The molecule has 2 aromatic rings. The van der Waals surface area contributed by atoms with Crippen LogP contribution in [0.15, 0.2) is 72.0 Å². The number of aliphatic hydroxyl groups excluding tert-OH is 1. The predicted octanol–water partition coefficient (Wildman–Crippen LogP) is 8.56. The van der Waals surface area contributed by atoms with Crippen LogP contribution in [0.4, 0.5) is 0 Å². The molecule has 0 saturated heterocycles. The van der Waals surface area contributed by atoms with E-state index in [0.29, 0.717) is 31.1 Å². The third kappa shape index (κ3) is 7.79. The van der Waals surface area contributed by atoms with Gasteiger partial charge in [-0.25, -0.2) is 0 Å². The van der Waals surface area contributed by atoms with Crippen LogP contribution in [-0.4, -0.2) is 60.7 Å². The Kier molecular flexibility index (Phi) is 12.5. The Morgan fingerprint density at radius 1 is 0.875 bits per heavy atom. The fraction of sp³-hybridized carbons (Fsp3) is 0.625. The molecule has 2 fully saturated rings. The molecule has 2 saturated carbocycles. The van der Waals surface area contributed by atoms with Gasteiger partial charge in [-0.3, -0.25) is 4.79 Å². The van der Waals surface area contributed by atoms with Gasteiger partial charge in [-0.05, 0) is 71.1 Å². The lowest BCUT2D eigenvalue weighted by atomic mass is 9.59. The fourth-order valence-corrected chi connectivity index (χ4v) is 13.9. The van der Waals surface area contributed by atoms with Gasteiger partial charge < -0.3 is 23.4 Å². The first-order valence-corrected chi connectivity index (χ1v) is 22.8. The molecule has 1 N–H and O–H groups in total. The Labute approximate surface area is 292 Å². The Bertz CT molecular complexity index is 1340. The number of carbonyl (C=O) groups excluding carboxylic acids is 1. The molecule has 0 heterocycles. The minimum Gasteiger partial charge on any atom is -0.512 e. The van der Waals surface area contributed by atoms with E-state index in [2.05, 4.69) is 110 Å². The summed E-state index contributed by atoms with van der Waals surface area (Å²) in [6.45, 7) is 21.5. The summed E-state index contributed by atoms with van der Waals surface area (Å²) in [4.78, 5) is 14.0. The first-order valence-electron chi connectivity index (χ1n) is 18.0. The molecular formula is C40H62O6Si2. The Morgan fingerprint density at radius 3 is 1.98 bits per heavy atom. The lowest BCUT2D eigenvalue weighted by Gasteiger charge is -2.48. The molecule has 0 aliphatic heterocycles. The van der Waals surface area contributed by atoms with Crippen molar-refractivity contribution in [3.8, 4) is 0 Å². The fourth-order valence-electron chi connectivity index (χ4n) is 8.23. The van der Waals surface area contributed by atoms with Crippen LogP contribution in [0.1, 0.15) is 87.0 Å². The highest BCUT2D eigenvalue weighted by Gasteiger charge is 2.59. The maximum absolute atomic E-state index is 14.0. The molecular weight excluding hydrogens is 633 g/mol. The third-order valence-electron chi connectivity index (χ3n) is 11.5. The number of Topliss-reactive ketones (excluding diaryl/α,β-unsaturated/α-hetero) is 1. The van der Waals surface area contributed by atoms with Gasteiger partial charge >= 0.3 is 0 Å². The maximum atomic E-state index is 14.0.